The maximum atomic E-state index is 13.5. The molecule has 1 aliphatic carbocycles. The molecular weight excluding hydrogens is 470 g/mol. The van der Waals surface area contributed by atoms with E-state index in [4.69, 9.17) is 5.26 Å². The summed E-state index contributed by atoms with van der Waals surface area (Å²) in [5, 5.41) is 9.31. The molecule has 1 aromatic heterocycles. The molecule has 176 valence electrons. The molecule has 1 aromatic carbocycles. The fraction of sp³-hybridized carbons (Fsp3) is 0.333. The third-order valence-corrected chi connectivity index (χ3v) is 7.38. The first kappa shape index (κ1) is 24.6. The molecule has 33 heavy (non-hydrogen) atoms. The number of alkyl halides is 6. The van der Waals surface area contributed by atoms with Crippen molar-refractivity contribution in [1.29, 1.82) is 5.26 Å². The lowest BCUT2D eigenvalue weighted by atomic mass is 10.0. The summed E-state index contributed by atoms with van der Waals surface area (Å²) in [4.78, 5) is 3.93. The van der Waals surface area contributed by atoms with Gasteiger partial charge in [-0.1, -0.05) is 19.1 Å². The maximum Gasteiger partial charge on any atom is 0.416 e. The number of halogens is 6. The van der Waals surface area contributed by atoms with Crippen molar-refractivity contribution in [1.82, 2.24) is 9.55 Å². The van der Waals surface area contributed by atoms with E-state index in [1.807, 2.05) is 0 Å². The van der Waals surface area contributed by atoms with E-state index < -0.39 is 33.2 Å². The number of hydrogen-bond donors (Lipinski definition) is 0. The van der Waals surface area contributed by atoms with Crippen LogP contribution in [0.4, 0.5) is 26.3 Å². The third kappa shape index (κ3) is 4.55. The van der Waals surface area contributed by atoms with Crippen LogP contribution in [0, 0.1) is 18.4 Å². The lowest BCUT2D eigenvalue weighted by Crippen LogP contribution is -2.29. The number of aromatic nitrogens is 2. The molecule has 0 amide bonds. The van der Waals surface area contributed by atoms with Crippen molar-refractivity contribution >= 4 is 21.9 Å². The van der Waals surface area contributed by atoms with Crippen molar-refractivity contribution in [2.45, 2.75) is 37.5 Å². The van der Waals surface area contributed by atoms with Gasteiger partial charge in [-0.15, -0.1) is 4.36 Å². The first-order valence-electron chi connectivity index (χ1n) is 9.60. The maximum absolute atomic E-state index is 13.5. The molecule has 1 unspecified atom stereocenters. The highest BCUT2D eigenvalue weighted by atomic mass is 32.2. The lowest BCUT2D eigenvalue weighted by Gasteiger charge is -2.18. The van der Waals surface area contributed by atoms with Gasteiger partial charge in [-0.25, -0.2) is 9.19 Å². The van der Waals surface area contributed by atoms with Crippen LogP contribution in [0.25, 0.3) is 23.5 Å². The van der Waals surface area contributed by atoms with E-state index in [2.05, 4.69) is 9.35 Å². The van der Waals surface area contributed by atoms with Crippen LogP contribution in [0.2, 0.25) is 0 Å². The topological polar surface area (TPSA) is 71.0 Å². The van der Waals surface area contributed by atoms with E-state index in [-0.39, 0.29) is 39.4 Å². The standard InChI is InChI=1S/C21H18F6N4OS/c1-4-33(32,29-11-28)17-10-14(21(25,26)27)8-12(2)18(17)19-30-15-9-13(20(22,23)24)6-5-7-16(15)31(19)3/h6-10H,4-5H2,1-3H3. The summed E-state index contributed by atoms with van der Waals surface area (Å²) < 4.78 is 98.6. The SMILES string of the molecule is CCS(=O)(=NC#N)c1cc(C(F)(F)F)cc(C)c1-c1nc2c(n1C)=CCC=C(C(F)(F)F)C=2. The van der Waals surface area contributed by atoms with Gasteiger partial charge in [0.1, 0.15) is 5.82 Å². The molecule has 0 saturated carbocycles. The highest BCUT2D eigenvalue weighted by Crippen LogP contribution is 2.38. The number of imidazole rings is 1. The largest absolute Gasteiger partial charge is 0.416 e. The number of aryl methyl sites for hydroxylation is 1. The van der Waals surface area contributed by atoms with Crippen LogP contribution >= 0.6 is 0 Å². The average Bonchev–Trinajstić information content (AvgIpc) is 2.87. The third-order valence-electron chi connectivity index (χ3n) is 5.21. The van der Waals surface area contributed by atoms with Gasteiger partial charge in [0.2, 0.25) is 6.19 Å². The quantitative estimate of drug-likeness (QED) is 0.481. The van der Waals surface area contributed by atoms with Crippen molar-refractivity contribution in [2.24, 2.45) is 11.4 Å². The summed E-state index contributed by atoms with van der Waals surface area (Å²) in [7, 11) is -2.10. The van der Waals surface area contributed by atoms with E-state index in [9.17, 15) is 30.6 Å². The number of hydrogen-bond acceptors (Lipinski definition) is 4. The lowest BCUT2D eigenvalue weighted by molar-refractivity contribution is -0.137. The molecule has 0 aliphatic heterocycles. The number of benzene rings is 1. The van der Waals surface area contributed by atoms with Crippen molar-refractivity contribution in [3.05, 3.63) is 45.6 Å². The Morgan fingerprint density at radius 2 is 1.85 bits per heavy atom. The average molecular weight is 488 g/mol. The monoisotopic (exact) mass is 488 g/mol. The first-order valence-corrected chi connectivity index (χ1v) is 11.3. The van der Waals surface area contributed by atoms with Crippen LogP contribution in [0.1, 0.15) is 24.5 Å². The molecule has 3 rings (SSSR count). The predicted molar refractivity (Wildman–Crippen MR) is 110 cm³/mol. The normalized spacial score (nSPS) is 15.8. The first-order chi connectivity index (χ1) is 15.2. The summed E-state index contributed by atoms with van der Waals surface area (Å²) in [5.41, 5.74) is -1.90. The van der Waals surface area contributed by atoms with Crippen LogP contribution in [-0.4, -0.2) is 25.7 Å². The van der Waals surface area contributed by atoms with Crippen molar-refractivity contribution in [3.8, 4) is 17.6 Å². The molecule has 0 N–H and O–H groups in total. The number of allylic oxidation sites excluding steroid dienone is 2. The Balaban J connectivity index is 2.45. The van der Waals surface area contributed by atoms with Gasteiger partial charge in [0.05, 0.1) is 36.5 Å². The minimum Gasteiger partial charge on any atom is -0.327 e. The second-order valence-electron chi connectivity index (χ2n) is 7.29. The Morgan fingerprint density at radius 3 is 2.39 bits per heavy atom. The Bertz CT molecular complexity index is 1430. The minimum atomic E-state index is -4.76. The molecule has 0 bridgehead atoms. The van der Waals surface area contributed by atoms with E-state index in [1.54, 1.807) is 0 Å². The Morgan fingerprint density at radius 1 is 1.18 bits per heavy atom. The zero-order valence-corrected chi connectivity index (χ0v) is 18.5. The summed E-state index contributed by atoms with van der Waals surface area (Å²) in [6.07, 6.45) is -4.62. The van der Waals surface area contributed by atoms with Gasteiger partial charge >= 0.3 is 12.4 Å². The summed E-state index contributed by atoms with van der Waals surface area (Å²) >= 11 is 0. The molecule has 0 radical (unpaired) electrons. The van der Waals surface area contributed by atoms with Crippen molar-refractivity contribution in [3.63, 3.8) is 0 Å². The molecule has 1 aliphatic rings. The number of rotatable bonds is 3. The Hall–Kier alpha value is -3.07. The van der Waals surface area contributed by atoms with Crippen LogP contribution in [0.3, 0.4) is 0 Å². The highest BCUT2D eigenvalue weighted by Gasteiger charge is 2.35. The second kappa shape index (κ2) is 8.37. The van der Waals surface area contributed by atoms with Crippen molar-refractivity contribution in [2.75, 3.05) is 5.75 Å². The molecule has 1 atom stereocenters. The molecule has 0 fully saturated rings. The summed E-state index contributed by atoms with van der Waals surface area (Å²) in [6, 6.07) is 1.51. The predicted octanol–water partition coefficient (Wildman–Crippen LogP) is 4.20. The summed E-state index contributed by atoms with van der Waals surface area (Å²) in [5.74, 6) is -0.232. The van der Waals surface area contributed by atoms with Crippen LogP contribution in [-0.2, 0) is 23.0 Å². The van der Waals surface area contributed by atoms with E-state index in [1.165, 1.54) is 37.7 Å². The van der Waals surface area contributed by atoms with Crippen molar-refractivity contribution < 1.29 is 30.6 Å². The zero-order valence-electron chi connectivity index (χ0n) is 17.7. The molecule has 12 heteroatoms. The van der Waals surface area contributed by atoms with Gasteiger partial charge in [-0.3, -0.25) is 0 Å². The van der Waals surface area contributed by atoms with Gasteiger partial charge in [0, 0.05) is 18.4 Å². The minimum absolute atomic E-state index is 0.0199. The van der Waals surface area contributed by atoms with Crippen LogP contribution in [0.15, 0.2) is 33.0 Å². The van der Waals surface area contributed by atoms with E-state index in [0.717, 1.165) is 18.2 Å². The summed E-state index contributed by atoms with van der Waals surface area (Å²) in [6.45, 7) is 2.77. The molecule has 2 aromatic rings. The van der Waals surface area contributed by atoms with Crippen LogP contribution < -0.4 is 10.7 Å². The second-order valence-corrected chi connectivity index (χ2v) is 9.77. The van der Waals surface area contributed by atoms with Gasteiger partial charge in [-0.2, -0.15) is 31.6 Å². The van der Waals surface area contributed by atoms with Gasteiger partial charge in [-0.05, 0) is 37.1 Å². The zero-order chi connectivity index (χ0) is 24.8. The van der Waals surface area contributed by atoms with E-state index >= 15 is 0 Å². The number of fused-ring (bicyclic) bond motifs is 1. The van der Waals surface area contributed by atoms with Crippen LogP contribution in [0.5, 0.6) is 0 Å². The van der Waals surface area contributed by atoms with Gasteiger partial charge in [0.15, 0.2) is 0 Å². The Kier molecular flexibility index (Phi) is 6.23. The van der Waals surface area contributed by atoms with Gasteiger partial charge in [0.25, 0.3) is 0 Å². The van der Waals surface area contributed by atoms with Gasteiger partial charge < -0.3 is 4.57 Å². The highest BCUT2D eigenvalue weighted by molar-refractivity contribution is 7.93. The molecule has 1 heterocycles. The fourth-order valence-corrected chi connectivity index (χ4v) is 5.15. The molecular formula is C21H18F6N4OS. The number of nitrogens with zero attached hydrogens (tertiary/aromatic N) is 4. The Labute approximate surface area is 185 Å². The smallest absolute Gasteiger partial charge is 0.327 e. The number of nitriles is 1. The molecule has 0 saturated heterocycles. The fourth-order valence-electron chi connectivity index (χ4n) is 3.60. The molecule has 0 spiro atoms. The van der Waals surface area contributed by atoms with E-state index in [0.29, 0.717) is 11.4 Å². The molecule has 5 nitrogen and oxygen atoms in total.